The van der Waals surface area contributed by atoms with Crippen molar-refractivity contribution in [1.82, 2.24) is 4.98 Å². The highest BCUT2D eigenvalue weighted by molar-refractivity contribution is 7.91. The smallest absolute Gasteiger partial charge is 0.290 e. The molecule has 0 amide bonds. The summed E-state index contributed by atoms with van der Waals surface area (Å²) in [6, 6.07) is 3.06. The number of ether oxygens (including phenoxy) is 1. The Hall–Kier alpha value is -1.74. The molecule has 0 unspecified atom stereocenters. The van der Waals surface area contributed by atoms with E-state index in [0.717, 1.165) is 6.42 Å². The third kappa shape index (κ3) is 3.45. The molecule has 0 bridgehead atoms. The second-order valence-corrected chi connectivity index (χ2v) is 8.45. The van der Waals surface area contributed by atoms with Crippen LogP contribution < -0.4 is 5.32 Å². The summed E-state index contributed by atoms with van der Waals surface area (Å²) in [4.78, 5) is 14.6. The van der Waals surface area contributed by atoms with Crippen molar-refractivity contribution < 1.29 is 18.1 Å². The summed E-state index contributed by atoms with van der Waals surface area (Å²) >= 11 is 0. The summed E-state index contributed by atoms with van der Waals surface area (Å²) in [5.74, 6) is 0.815. The number of nitro groups is 1. The normalized spacial score (nSPS) is 29.5. The first-order chi connectivity index (χ1) is 10.8. The van der Waals surface area contributed by atoms with Crippen LogP contribution in [0, 0.1) is 17.0 Å². The van der Waals surface area contributed by atoms with E-state index in [1.165, 1.54) is 6.07 Å². The number of nitrogens with zero attached hydrogens (tertiary/aromatic N) is 2. The Balaban J connectivity index is 1.71. The van der Waals surface area contributed by atoms with E-state index in [2.05, 4.69) is 10.3 Å². The molecule has 2 fully saturated rings. The molecule has 1 spiro atoms. The minimum absolute atomic E-state index is 0.0131. The molecule has 1 N–H and O–H groups in total. The third-order valence-corrected chi connectivity index (χ3v) is 6.24. The summed E-state index contributed by atoms with van der Waals surface area (Å²) in [6.07, 6.45) is 1.88. The van der Waals surface area contributed by atoms with Crippen LogP contribution in [0.15, 0.2) is 12.1 Å². The Kier molecular flexibility index (Phi) is 4.01. The molecule has 0 saturated carbocycles. The minimum Gasteiger partial charge on any atom is -0.374 e. The maximum Gasteiger partial charge on any atom is 0.290 e. The van der Waals surface area contributed by atoms with Crippen LogP contribution in [0.2, 0.25) is 0 Å². The minimum atomic E-state index is -3.02. The predicted octanol–water partition coefficient (Wildman–Crippen LogP) is 1.45. The summed E-state index contributed by atoms with van der Waals surface area (Å²) < 4.78 is 29.3. The standard InChI is InChI=1S/C14H19N3O5S/c1-10-12(17(18)19)2-3-13(15-10)16-11-4-6-22-14(8-11)5-7-23(20,21)9-14/h2-3,11H,4-9H2,1H3,(H,15,16)/t11-,14-/m1/s1. The van der Waals surface area contributed by atoms with Crippen LogP contribution in [0.5, 0.6) is 0 Å². The Morgan fingerprint density at radius 2 is 2.26 bits per heavy atom. The summed E-state index contributed by atoms with van der Waals surface area (Å²) in [6.45, 7) is 2.09. The van der Waals surface area contributed by atoms with Gasteiger partial charge in [0, 0.05) is 18.7 Å². The van der Waals surface area contributed by atoms with Gasteiger partial charge < -0.3 is 10.1 Å². The molecule has 2 aliphatic heterocycles. The molecule has 0 radical (unpaired) electrons. The number of anilines is 1. The fraction of sp³-hybridized carbons (Fsp3) is 0.643. The van der Waals surface area contributed by atoms with Gasteiger partial charge in [-0.3, -0.25) is 10.1 Å². The molecule has 3 rings (SSSR count). The maximum absolute atomic E-state index is 11.7. The van der Waals surface area contributed by atoms with Crippen molar-refractivity contribution in [1.29, 1.82) is 0 Å². The second kappa shape index (κ2) is 5.72. The number of pyridine rings is 1. The van der Waals surface area contributed by atoms with Gasteiger partial charge in [-0.1, -0.05) is 0 Å². The van der Waals surface area contributed by atoms with Gasteiger partial charge in [-0.25, -0.2) is 13.4 Å². The van der Waals surface area contributed by atoms with Crippen molar-refractivity contribution >= 4 is 21.3 Å². The molecule has 8 nitrogen and oxygen atoms in total. The molecule has 23 heavy (non-hydrogen) atoms. The fourth-order valence-corrected chi connectivity index (χ4v) is 5.32. The molecule has 9 heteroatoms. The van der Waals surface area contributed by atoms with Crippen molar-refractivity contribution in [2.75, 3.05) is 23.4 Å². The largest absolute Gasteiger partial charge is 0.374 e. The van der Waals surface area contributed by atoms with E-state index in [4.69, 9.17) is 4.74 Å². The summed E-state index contributed by atoms with van der Waals surface area (Å²) in [5, 5.41) is 14.1. The lowest BCUT2D eigenvalue weighted by atomic mass is 9.90. The van der Waals surface area contributed by atoms with Gasteiger partial charge in [0.05, 0.1) is 22.0 Å². The van der Waals surface area contributed by atoms with Gasteiger partial charge >= 0.3 is 0 Å². The molecular weight excluding hydrogens is 322 g/mol. The molecule has 0 aliphatic carbocycles. The quantitative estimate of drug-likeness (QED) is 0.654. The summed E-state index contributed by atoms with van der Waals surface area (Å²) in [5.41, 5.74) is -0.254. The first-order valence-electron chi connectivity index (χ1n) is 7.52. The Bertz CT molecular complexity index is 736. The fourth-order valence-electron chi connectivity index (χ4n) is 3.35. The van der Waals surface area contributed by atoms with Crippen LogP contribution in [0.4, 0.5) is 11.5 Å². The number of hydrogen-bond donors (Lipinski definition) is 1. The van der Waals surface area contributed by atoms with Crippen LogP contribution in [0.1, 0.15) is 25.0 Å². The van der Waals surface area contributed by atoms with Crippen molar-refractivity contribution in [2.45, 2.75) is 37.8 Å². The highest BCUT2D eigenvalue weighted by Crippen LogP contribution is 2.36. The van der Waals surface area contributed by atoms with E-state index in [9.17, 15) is 18.5 Å². The first-order valence-corrected chi connectivity index (χ1v) is 9.34. The van der Waals surface area contributed by atoms with Gasteiger partial charge in [-0.2, -0.15) is 0 Å². The average Bonchev–Trinajstić information content (AvgIpc) is 2.73. The van der Waals surface area contributed by atoms with Crippen LogP contribution >= 0.6 is 0 Å². The van der Waals surface area contributed by atoms with Gasteiger partial charge in [0.1, 0.15) is 11.5 Å². The highest BCUT2D eigenvalue weighted by Gasteiger charge is 2.46. The number of aryl methyl sites for hydroxylation is 1. The molecule has 2 aliphatic rings. The Morgan fingerprint density at radius 3 is 2.87 bits per heavy atom. The molecule has 3 heterocycles. The van der Waals surface area contributed by atoms with Crippen LogP contribution in [-0.4, -0.2) is 48.1 Å². The zero-order valence-electron chi connectivity index (χ0n) is 12.8. The number of rotatable bonds is 3. The van der Waals surface area contributed by atoms with Crippen molar-refractivity contribution in [3.63, 3.8) is 0 Å². The van der Waals surface area contributed by atoms with E-state index >= 15 is 0 Å². The van der Waals surface area contributed by atoms with Crippen molar-refractivity contribution in [3.05, 3.63) is 27.9 Å². The van der Waals surface area contributed by atoms with Crippen LogP contribution in [-0.2, 0) is 14.6 Å². The van der Waals surface area contributed by atoms with E-state index in [0.29, 0.717) is 31.0 Å². The van der Waals surface area contributed by atoms with Crippen molar-refractivity contribution in [3.8, 4) is 0 Å². The molecule has 126 valence electrons. The highest BCUT2D eigenvalue weighted by atomic mass is 32.2. The molecule has 1 aromatic heterocycles. The van der Waals surface area contributed by atoms with E-state index in [1.54, 1.807) is 13.0 Å². The van der Waals surface area contributed by atoms with Gasteiger partial charge in [0.2, 0.25) is 0 Å². The zero-order chi connectivity index (χ0) is 16.7. The van der Waals surface area contributed by atoms with Gasteiger partial charge in [-0.05, 0) is 32.3 Å². The maximum atomic E-state index is 11.7. The number of aromatic nitrogens is 1. The lowest BCUT2D eigenvalue weighted by Crippen LogP contribution is -2.45. The van der Waals surface area contributed by atoms with E-state index < -0.39 is 20.4 Å². The lowest BCUT2D eigenvalue weighted by molar-refractivity contribution is -0.385. The topological polar surface area (TPSA) is 111 Å². The summed E-state index contributed by atoms with van der Waals surface area (Å²) in [7, 11) is -3.02. The molecule has 0 aromatic carbocycles. The van der Waals surface area contributed by atoms with Crippen LogP contribution in [0.3, 0.4) is 0 Å². The predicted molar refractivity (Wildman–Crippen MR) is 84.2 cm³/mol. The Labute approximate surface area is 134 Å². The molecular formula is C14H19N3O5S. The Morgan fingerprint density at radius 1 is 1.48 bits per heavy atom. The molecule has 1 aromatic rings. The number of hydrogen-bond acceptors (Lipinski definition) is 7. The van der Waals surface area contributed by atoms with Crippen molar-refractivity contribution in [2.24, 2.45) is 0 Å². The monoisotopic (exact) mass is 341 g/mol. The SMILES string of the molecule is Cc1nc(N[C@@H]2CCO[C@]3(CCS(=O)(=O)C3)C2)ccc1[N+](=O)[O-]. The van der Waals surface area contributed by atoms with Gasteiger partial charge in [0.25, 0.3) is 5.69 Å². The zero-order valence-corrected chi connectivity index (χ0v) is 13.6. The van der Waals surface area contributed by atoms with Gasteiger partial charge in [-0.15, -0.1) is 0 Å². The second-order valence-electron chi connectivity index (χ2n) is 6.27. The van der Waals surface area contributed by atoms with E-state index in [1.807, 2.05) is 0 Å². The van der Waals surface area contributed by atoms with E-state index in [-0.39, 0.29) is 23.2 Å². The number of nitrogens with one attached hydrogen (secondary N) is 1. The first kappa shape index (κ1) is 16.1. The van der Waals surface area contributed by atoms with Gasteiger partial charge in [0.15, 0.2) is 9.84 Å². The molecule has 2 saturated heterocycles. The molecule has 2 atom stereocenters. The number of sulfone groups is 1. The average molecular weight is 341 g/mol. The third-order valence-electron chi connectivity index (χ3n) is 4.45. The van der Waals surface area contributed by atoms with Crippen LogP contribution in [0.25, 0.3) is 0 Å². The lowest BCUT2D eigenvalue weighted by Gasteiger charge is -2.37.